The van der Waals surface area contributed by atoms with E-state index in [1.165, 1.54) is 19.3 Å². The van der Waals surface area contributed by atoms with Crippen molar-refractivity contribution < 1.29 is 9.53 Å². The molecular weight excluding hydrogens is 296 g/mol. The summed E-state index contributed by atoms with van der Waals surface area (Å²) >= 11 is 0. The maximum Gasteiger partial charge on any atom is 0.310 e. The van der Waals surface area contributed by atoms with E-state index in [0.29, 0.717) is 5.92 Å². The Morgan fingerprint density at radius 2 is 1.75 bits per heavy atom. The van der Waals surface area contributed by atoms with Gasteiger partial charge >= 0.3 is 5.97 Å². The molecule has 2 nitrogen and oxygen atoms in total. The van der Waals surface area contributed by atoms with Crippen molar-refractivity contribution in [3.05, 3.63) is 12.2 Å². The molecule has 0 heterocycles. The smallest absolute Gasteiger partial charge is 0.310 e. The summed E-state index contributed by atoms with van der Waals surface area (Å²) in [6.45, 7) is 17.7. The molecule has 3 unspecified atom stereocenters. The lowest BCUT2D eigenvalue weighted by atomic mass is 9.65. The largest absolute Gasteiger partial charge is 0.457 e. The lowest BCUT2D eigenvalue weighted by Crippen LogP contribution is -2.53. The van der Waals surface area contributed by atoms with Crippen LogP contribution in [0.1, 0.15) is 81.1 Å². The van der Waals surface area contributed by atoms with Gasteiger partial charge in [0.2, 0.25) is 0 Å². The summed E-state index contributed by atoms with van der Waals surface area (Å²) in [5.74, 6) is 0.630. The molecule has 1 spiro atoms. The van der Waals surface area contributed by atoms with Crippen LogP contribution in [0.2, 0.25) is 0 Å². The molecule has 0 saturated heterocycles. The van der Waals surface area contributed by atoms with Gasteiger partial charge in [0.05, 0.1) is 5.92 Å². The number of hydrogen-bond donors (Lipinski definition) is 0. The molecule has 3 rings (SSSR count). The van der Waals surface area contributed by atoms with Crippen molar-refractivity contribution in [2.24, 2.45) is 33.5 Å². The maximum absolute atomic E-state index is 13.3. The molecule has 0 aromatic rings. The summed E-state index contributed by atoms with van der Waals surface area (Å²) < 4.78 is 6.45. The molecule has 2 saturated carbocycles. The molecule has 0 aromatic heterocycles. The minimum atomic E-state index is -0.360. The second-order valence-corrected chi connectivity index (χ2v) is 11.4. The highest BCUT2D eigenvalue weighted by atomic mass is 16.6. The van der Waals surface area contributed by atoms with E-state index in [2.05, 4.69) is 67.5 Å². The highest BCUT2D eigenvalue weighted by Crippen LogP contribution is 2.74. The van der Waals surface area contributed by atoms with Crippen LogP contribution >= 0.6 is 0 Å². The number of rotatable bonds is 3. The number of carbonyl (C=O) groups excluding carboxylic acids is 1. The van der Waals surface area contributed by atoms with E-state index in [-0.39, 0.29) is 39.1 Å². The van der Waals surface area contributed by atoms with Crippen LogP contribution in [-0.4, -0.2) is 11.6 Å². The SMILES string of the molecule is CC(C)(C)C[C@H](C(=O)OC1(C)C2(C)CCC(C2)C12C=C2)C(C)(C)C. The van der Waals surface area contributed by atoms with Crippen LogP contribution in [0, 0.1) is 33.5 Å². The minimum Gasteiger partial charge on any atom is -0.457 e. The minimum absolute atomic E-state index is 0.0155. The zero-order valence-corrected chi connectivity index (χ0v) is 17.0. The van der Waals surface area contributed by atoms with Crippen molar-refractivity contribution >= 4 is 5.97 Å². The van der Waals surface area contributed by atoms with E-state index in [4.69, 9.17) is 4.74 Å². The molecule has 0 radical (unpaired) electrons. The molecule has 0 N–H and O–H groups in total. The summed E-state index contributed by atoms with van der Waals surface area (Å²) in [5.41, 5.74) is -0.141. The quantitative estimate of drug-likeness (QED) is 0.485. The molecule has 0 aromatic carbocycles. The van der Waals surface area contributed by atoms with Crippen LogP contribution in [0.15, 0.2) is 12.2 Å². The Kier molecular flexibility index (Phi) is 3.67. The van der Waals surface area contributed by atoms with E-state index >= 15 is 0 Å². The van der Waals surface area contributed by atoms with Crippen molar-refractivity contribution in [3.63, 3.8) is 0 Å². The standard InChI is InChI=1S/C22H36O2/c1-18(2,3)14-16(19(4,5)6)17(23)24-21(8)20(7)10-9-15(13-20)22(21)11-12-22/h11-12,15-16H,9-10,13-14H2,1-8H3/t15?,16-,20?,21?/m1/s1. The maximum atomic E-state index is 13.3. The Balaban J connectivity index is 1.85. The van der Waals surface area contributed by atoms with Crippen molar-refractivity contribution in [1.29, 1.82) is 0 Å². The van der Waals surface area contributed by atoms with Crippen molar-refractivity contribution in [3.8, 4) is 0 Å². The van der Waals surface area contributed by atoms with Crippen molar-refractivity contribution in [2.75, 3.05) is 0 Å². The molecule has 3 aliphatic rings. The molecule has 4 atom stereocenters. The molecule has 2 bridgehead atoms. The van der Waals surface area contributed by atoms with Crippen LogP contribution in [0.5, 0.6) is 0 Å². The lowest BCUT2D eigenvalue weighted by molar-refractivity contribution is -0.191. The summed E-state index contributed by atoms with van der Waals surface area (Å²) in [5, 5.41) is 0. The average molecular weight is 333 g/mol. The average Bonchev–Trinajstić information content (AvgIpc) is 3.07. The fraction of sp³-hybridized carbons (Fsp3) is 0.864. The van der Waals surface area contributed by atoms with Gasteiger partial charge in [0, 0.05) is 10.8 Å². The Hall–Kier alpha value is -0.790. The predicted octanol–water partition coefficient (Wildman–Crippen LogP) is 5.76. The van der Waals surface area contributed by atoms with Gasteiger partial charge in [-0.15, -0.1) is 0 Å². The Labute approximate surface area is 148 Å². The van der Waals surface area contributed by atoms with Crippen LogP contribution in [-0.2, 0) is 9.53 Å². The summed E-state index contributed by atoms with van der Waals surface area (Å²) in [6.07, 6.45) is 9.15. The van der Waals surface area contributed by atoms with Gasteiger partial charge in [0.25, 0.3) is 0 Å². The molecular formula is C22H36O2. The first-order chi connectivity index (χ1) is 10.7. The van der Waals surface area contributed by atoms with E-state index < -0.39 is 0 Å². The molecule has 3 aliphatic carbocycles. The molecule has 136 valence electrons. The van der Waals surface area contributed by atoms with Gasteiger partial charge in [-0.25, -0.2) is 0 Å². The molecule has 0 amide bonds. The number of esters is 1. The topological polar surface area (TPSA) is 26.3 Å². The number of carbonyl (C=O) groups is 1. The summed E-state index contributed by atoms with van der Waals surface area (Å²) in [6, 6.07) is 0. The summed E-state index contributed by atoms with van der Waals surface area (Å²) in [7, 11) is 0. The van der Waals surface area contributed by atoms with E-state index in [1.807, 2.05) is 0 Å². The van der Waals surface area contributed by atoms with Gasteiger partial charge in [-0.05, 0) is 49.4 Å². The van der Waals surface area contributed by atoms with Crippen LogP contribution < -0.4 is 0 Å². The fourth-order valence-corrected chi connectivity index (χ4v) is 5.51. The van der Waals surface area contributed by atoms with Crippen molar-refractivity contribution in [2.45, 2.75) is 86.7 Å². The third-order valence-corrected chi connectivity index (χ3v) is 7.37. The van der Waals surface area contributed by atoms with E-state index in [1.54, 1.807) is 0 Å². The van der Waals surface area contributed by atoms with Crippen LogP contribution in [0.25, 0.3) is 0 Å². The third-order valence-electron chi connectivity index (χ3n) is 7.37. The number of ether oxygens (including phenoxy) is 1. The first-order valence-electron chi connectivity index (χ1n) is 9.67. The Morgan fingerprint density at radius 1 is 1.17 bits per heavy atom. The number of fused-ring (bicyclic) bond motifs is 3. The van der Waals surface area contributed by atoms with Crippen LogP contribution in [0.4, 0.5) is 0 Å². The zero-order chi connectivity index (χ0) is 18.2. The third kappa shape index (κ3) is 2.47. The monoisotopic (exact) mass is 332 g/mol. The van der Waals surface area contributed by atoms with Gasteiger partial charge < -0.3 is 4.74 Å². The predicted molar refractivity (Wildman–Crippen MR) is 98.5 cm³/mol. The van der Waals surface area contributed by atoms with Gasteiger partial charge in [-0.3, -0.25) is 4.79 Å². The van der Waals surface area contributed by atoms with Gasteiger partial charge in [-0.2, -0.15) is 0 Å². The highest BCUT2D eigenvalue weighted by Gasteiger charge is 2.74. The molecule has 24 heavy (non-hydrogen) atoms. The molecule has 2 fully saturated rings. The second kappa shape index (κ2) is 4.89. The van der Waals surface area contributed by atoms with Crippen LogP contribution in [0.3, 0.4) is 0 Å². The normalized spacial score (nSPS) is 37.8. The van der Waals surface area contributed by atoms with Gasteiger partial charge in [0.15, 0.2) is 0 Å². The number of hydrogen-bond acceptors (Lipinski definition) is 2. The fourth-order valence-electron chi connectivity index (χ4n) is 5.51. The Morgan fingerprint density at radius 3 is 2.21 bits per heavy atom. The molecule has 0 aliphatic heterocycles. The van der Waals surface area contributed by atoms with E-state index in [9.17, 15) is 4.79 Å². The molecule has 2 heteroatoms. The lowest BCUT2D eigenvalue weighted by Gasteiger charge is -2.48. The zero-order valence-electron chi connectivity index (χ0n) is 17.0. The van der Waals surface area contributed by atoms with E-state index in [0.717, 1.165) is 6.42 Å². The second-order valence-electron chi connectivity index (χ2n) is 11.4. The van der Waals surface area contributed by atoms with Crippen molar-refractivity contribution in [1.82, 2.24) is 0 Å². The first-order valence-corrected chi connectivity index (χ1v) is 9.67. The Bertz CT molecular complexity index is 564. The van der Waals surface area contributed by atoms with Gasteiger partial charge in [-0.1, -0.05) is 60.6 Å². The first kappa shape index (κ1) is 18.0. The summed E-state index contributed by atoms with van der Waals surface area (Å²) in [4.78, 5) is 13.3. The highest BCUT2D eigenvalue weighted by molar-refractivity contribution is 5.74. The van der Waals surface area contributed by atoms with Gasteiger partial charge in [0.1, 0.15) is 5.60 Å².